The van der Waals surface area contributed by atoms with Crippen molar-refractivity contribution in [2.75, 3.05) is 18.5 Å². The zero-order chi connectivity index (χ0) is 44.1. The Hall–Kier alpha value is -4.99. The molecule has 4 N–H and O–H groups in total. The molecule has 0 spiro atoms. The van der Waals surface area contributed by atoms with Crippen LogP contribution in [0.4, 0.5) is 14.5 Å². The summed E-state index contributed by atoms with van der Waals surface area (Å²) in [5.41, 5.74) is 1.00. The summed E-state index contributed by atoms with van der Waals surface area (Å²) in [5, 5.41) is 5.61. The molecule has 2 aromatic carbocycles. The molecule has 0 aliphatic carbocycles. The first-order valence-electron chi connectivity index (χ1n) is 19.1. The van der Waals surface area contributed by atoms with E-state index >= 15 is 8.78 Å². The molecule has 0 radical (unpaired) electrons. The Balaban J connectivity index is 1.49. The van der Waals surface area contributed by atoms with Gasteiger partial charge in [0.2, 0.25) is 37.2 Å². The molecule has 59 heavy (non-hydrogen) atoms. The molecule has 0 saturated carbocycles. The highest BCUT2D eigenvalue weighted by atomic mass is 31.2. The Morgan fingerprint density at radius 1 is 0.932 bits per heavy atom. The van der Waals surface area contributed by atoms with Gasteiger partial charge in [0.1, 0.15) is 12.1 Å². The van der Waals surface area contributed by atoms with Crippen LogP contribution < -0.4 is 21.3 Å². The quantitative estimate of drug-likeness (QED) is 0.0818. The van der Waals surface area contributed by atoms with E-state index in [1.54, 1.807) is 13.8 Å². The lowest BCUT2D eigenvalue weighted by Crippen LogP contribution is -2.55. The Labute approximate surface area is 342 Å². The number of carbonyl (C=O) groups excluding carboxylic acids is 6. The summed E-state index contributed by atoms with van der Waals surface area (Å²) in [5.74, 6) is -3.67. The fraction of sp³-hybridized carbons (Fsp3) is 0.512. The second-order valence-corrected chi connectivity index (χ2v) is 18.7. The molecule has 0 fully saturated rings. The number of benzene rings is 2. The van der Waals surface area contributed by atoms with Gasteiger partial charge in [-0.15, -0.1) is 0 Å². The van der Waals surface area contributed by atoms with Crippen molar-refractivity contribution in [1.82, 2.24) is 10.6 Å². The van der Waals surface area contributed by atoms with Crippen molar-refractivity contribution in [3.8, 4) is 0 Å². The van der Waals surface area contributed by atoms with Gasteiger partial charge < -0.3 is 25.8 Å². The van der Waals surface area contributed by atoms with Crippen LogP contribution in [0.1, 0.15) is 96.9 Å². The zero-order valence-corrected chi connectivity index (χ0v) is 35.4. The largest absolute Gasteiger partial charge is 0.438 e. The summed E-state index contributed by atoms with van der Waals surface area (Å²) in [6.07, 6.45) is 2.55. The molecule has 0 saturated heterocycles. The van der Waals surface area contributed by atoms with Crippen molar-refractivity contribution in [1.29, 1.82) is 0 Å². The third kappa shape index (κ3) is 11.4. The standard InChI is InChI=1S/C41H53F2N4O11P/c1-24(26-13-16-29(17-14-26)41(42,43)59(54,57-22-55-37(52)39(3,4)5)58-23-56-38(53)40(6,7)8)20-33(49)46-30-18-15-27-10-9-11-28-21-31(47(34(27)28)36(30)51)35(50)45-25(2)12-19-32(44)48/h9-11,13-14,16-17,20,25,30-31H,12,15,18-19,21-23H2,1-8H3,(H2,44,48)(H,45,50)(H,46,49)/b24-20+/t25-,30+,31+/m1/s1. The van der Waals surface area contributed by atoms with E-state index in [0.717, 1.165) is 23.3 Å². The van der Waals surface area contributed by atoms with Gasteiger partial charge in [-0.3, -0.25) is 47.3 Å². The SMILES string of the molecule is C/C(=C\C(=O)N[C@H]1CCc2cccc3c2N(C1=O)[C@H](C(=O)N[C@H](C)CCC(N)=O)C3)c1ccc(C(F)(F)P(=O)(OCOC(=O)C(C)(C)C)OCOC(=O)C(C)(C)C)cc1. The lowest BCUT2D eigenvalue weighted by atomic mass is 9.98. The second-order valence-electron chi connectivity index (χ2n) is 16.7. The topological polar surface area (TPSA) is 210 Å². The number of alkyl halides is 2. The second kappa shape index (κ2) is 18.5. The number of nitrogens with zero attached hydrogens (tertiary/aromatic N) is 1. The van der Waals surface area contributed by atoms with Gasteiger partial charge in [0, 0.05) is 30.5 Å². The molecule has 18 heteroatoms. The number of para-hydroxylation sites is 1. The van der Waals surface area contributed by atoms with Gasteiger partial charge in [-0.05, 0) is 96.9 Å². The van der Waals surface area contributed by atoms with E-state index in [9.17, 15) is 33.3 Å². The molecule has 0 bridgehead atoms. The van der Waals surface area contributed by atoms with E-state index in [-0.39, 0.29) is 25.3 Å². The summed E-state index contributed by atoms with van der Waals surface area (Å²) in [4.78, 5) is 78.0. The number of hydrogen-bond acceptors (Lipinski definition) is 11. The maximum Gasteiger partial charge on any atom is 0.410 e. The highest BCUT2D eigenvalue weighted by Crippen LogP contribution is 2.67. The molecule has 2 aliphatic rings. The molecule has 2 heterocycles. The number of allylic oxidation sites excluding steroid dienone is 1. The number of nitrogens with two attached hydrogens (primary N) is 1. The van der Waals surface area contributed by atoms with Crippen LogP contribution in [0.5, 0.6) is 0 Å². The monoisotopic (exact) mass is 846 g/mol. The normalized spacial score (nSPS) is 17.7. The molecule has 4 amide bonds. The first kappa shape index (κ1) is 46.7. The van der Waals surface area contributed by atoms with E-state index in [0.29, 0.717) is 29.7 Å². The van der Waals surface area contributed by atoms with Crippen LogP contribution in [0.3, 0.4) is 0 Å². The number of nitrogens with one attached hydrogen (secondary N) is 2. The van der Waals surface area contributed by atoms with Gasteiger partial charge >= 0.3 is 25.2 Å². The van der Waals surface area contributed by atoms with E-state index in [2.05, 4.69) is 10.6 Å². The third-order valence-corrected chi connectivity index (χ3v) is 11.5. The van der Waals surface area contributed by atoms with Crippen LogP contribution >= 0.6 is 7.60 Å². The van der Waals surface area contributed by atoms with Gasteiger partial charge in [-0.1, -0.05) is 42.5 Å². The van der Waals surface area contributed by atoms with Gasteiger partial charge in [0.25, 0.3) is 0 Å². The molecule has 2 aliphatic heterocycles. The minimum atomic E-state index is -5.55. The average Bonchev–Trinajstić information content (AvgIpc) is 3.49. The van der Waals surface area contributed by atoms with Crippen molar-refractivity contribution < 1.29 is 60.6 Å². The maximum atomic E-state index is 16.0. The van der Waals surface area contributed by atoms with Crippen LogP contribution in [0.25, 0.3) is 5.57 Å². The summed E-state index contributed by atoms with van der Waals surface area (Å²) >= 11 is 0. The number of rotatable bonds is 16. The minimum Gasteiger partial charge on any atom is -0.438 e. The number of anilines is 1. The lowest BCUT2D eigenvalue weighted by molar-refractivity contribution is -0.163. The summed E-state index contributed by atoms with van der Waals surface area (Å²) in [6, 6.07) is 7.69. The number of halogens is 2. The Morgan fingerprint density at radius 2 is 1.49 bits per heavy atom. The molecule has 0 aromatic heterocycles. The summed E-state index contributed by atoms with van der Waals surface area (Å²) < 4.78 is 65.3. The van der Waals surface area contributed by atoms with E-state index in [1.165, 1.54) is 64.7 Å². The number of hydrogen-bond donors (Lipinski definition) is 3. The predicted molar refractivity (Wildman–Crippen MR) is 212 cm³/mol. The van der Waals surface area contributed by atoms with Crippen molar-refractivity contribution in [2.24, 2.45) is 16.6 Å². The third-order valence-electron chi connectivity index (χ3n) is 9.67. The maximum absolute atomic E-state index is 16.0. The van der Waals surface area contributed by atoms with E-state index in [4.69, 9.17) is 24.3 Å². The molecule has 322 valence electrons. The molecule has 15 nitrogen and oxygen atoms in total. The molecular formula is C41H53F2N4O11P. The first-order valence-corrected chi connectivity index (χ1v) is 20.6. The van der Waals surface area contributed by atoms with Crippen molar-refractivity contribution in [2.45, 2.75) is 111 Å². The Kier molecular flexibility index (Phi) is 14.7. The van der Waals surface area contributed by atoms with Gasteiger partial charge in [0.15, 0.2) is 0 Å². The van der Waals surface area contributed by atoms with Gasteiger partial charge in [-0.2, -0.15) is 8.78 Å². The predicted octanol–water partition coefficient (Wildman–Crippen LogP) is 5.62. The average molecular weight is 847 g/mol. The van der Waals surface area contributed by atoms with E-state index in [1.807, 2.05) is 18.2 Å². The number of carbonyl (C=O) groups is 6. The number of ether oxygens (including phenoxy) is 2. The molecular weight excluding hydrogens is 793 g/mol. The number of esters is 2. The van der Waals surface area contributed by atoms with Crippen LogP contribution in [-0.4, -0.2) is 67.3 Å². The van der Waals surface area contributed by atoms with Crippen LogP contribution in [-0.2, 0) is 70.4 Å². The van der Waals surface area contributed by atoms with E-state index < -0.39 is 90.9 Å². The fourth-order valence-electron chi connectivity index (χ4n) is 6.26. The number of amides is 4. The van der Waals surface area contributed by atoms with Crippen molar-refractivity contribution in [3.63, 3.8) is 0 Å². The molecule has 3 atom stereocenters. The molecule has 2 aromatic rings. The van der Waals surface area contributed by atoms with Crippen molar-refractivity contribution in [3.05, 3.63) is 70.8 Å². The zero-order valence-electron chi connectivity index (χ0n) is 34.5. The first-order chi connectivity index (χ1) is 27.4. The number of aryl methyl sites for hydroxylation is 1. The summed E-state index contributed by atoms with van der Waals surface area (Å²) in [6.45, 7) is 10.1. The van der Waals surface area contributed by atoms with Gasteiger partial charge in [-0.25, -0.2) is 0 Å². The Bertz CT molecular complexity index is 1990. The summed E-state index contributed by atoms with van der Waals surface area (Å²) in [7, 11) is -5.55. The van der Waals surface area contributed by atoms with Crippen molar-refractivity contribution >= 4 is 54.4 Å². The highest BCUT2D eigenvalue weighted by molar-refractivity contribution is 7.54. The number of primary amides is 1. The fourth-order valence-corrected chi connectivity index (χ4v) is 7.51. The smallest absolute Gasteiger partial charge is 0.410 e. The van der Waals surface area contributed by atoms with Crippen LogP contribution in [0, 0.1) is 10.8 Å². The lowest BCUT2D eigenvalue weighted by Gasteiger charge is -2.28. The minimum absolute atomic E-state index is 0.0820. The van der Waals surface area contributed by atoms with Crippen LogP contribution in [0.15, 0.2) is 48.5 Å². The van der Waals surface area contributed by atoms with Crippen LogP contribution in [0.2, 0.25) is 0 Å². The molecule has 4 rings (SSSR count). The Morgan fingerprint density at radius 3 is 2.03 bits per heavy atom. The van der Waals surface area contributed by atoms with Gasteiger partial charge in [0.05, 0.1) is 16.5 Å². The molecule has 0 unspecified atom stereocenters. The highest BCUT2D eigenvalue weighted by Gasteiger charge is 2.56.